The molecule has 0 saturated carbocycles. The molecule has 3 aromatic carbocycles. The first kappa shape index (κ1) is 57.4. The fraction of sp³-hybridized carbons (Fsp3) is 0.426. The first-order valence-corrected chi connectivity index (χ1v) is 28.3. The summed E-state index contributed by atoms with van der Waals surface area (Å²) >= 11 is 0. The van der Waals surface area contributed by atoms with Crippen LogP contribution >= 0.6 is 0 Å². The first-order valence-electron chi connectivity index (χ1n) is 28.3. The van der Waals surface area contributed by atoms with E-state index >= 15 is 0 Å². The zero-order valence-electron chi connectivity index (χ0n) is 47.0. The summed E-state index contributed by atoms with van der Waals surface area (Å²) in [6, 6.07) is 26.8. The molecular formula is C61H74N12O9. The first-order chi connectivity index (χ1) is 39.8. The molecule has 82 heavy (non-hydrogen) atoms. The molecule has 6 aromatic rings. The van der Waals surface area contributed by atoms with Gasteiger partial charge in [0.05, 0.1) is 64.8 Å². The van der Waals surface area contributed by atoms with E-state index in [1.54, 1.807) is 47.7 Å². The van der Waals surface area contributed by atoms with Crippen molar-refractivity contribution < 1.29 is 38.4 Å². The molecule has 0 spiro atoms. The van der Waals surface area contributed by atoms with Crippen molar-refractivity contribution in [1.82, 2.24) is 49.2 Å². The number of anilines is 3. The lowest BCUT2D eigenvalue weighted by Crippen LogP contribution is -2.49. The highest BCUT2D eigenvalue weighted by atomic mass is 16.5. The third-order valence-electron chi connectivity index (χ3n) is 15.4. The van der Waals surface area contributed by atoms with Crippen molar-refractivity contribution in [1.29, 1.82) is 0 Å². The molecule has 3 amide bonds. The molecule has 0 aliphatic carbocycles. The zero-order chi connectivity index (χ0) is 57.2. The van der Waals surface area contributed by atoms with Crippen LogP contribution in [0.5, 0.6) is 5.75 Å². The number of benzene rings is 3. The number of allylic oxidation sites excluding steroid dienone is 2. The summed E-state index contributed by atoms with van der Waals surface area (Å²) in [5.41, 5.74) is 5.56. The van der Waals surface area contributed by atoms with Crippen LogP contribution in [0.25, 0.3) is 16.9 Å². The highest BCUT2D eigenvalue weighted by Gasteiger charge is 2.39. The number of piperidine rings is 1. The lowest BCUT2D eigenvalue weighted by atomic mass is 10.0. The van der Waals surface area contributed by atoms with Crippen molar-refractivity contribution in [2.45, 2.75) is 71.0 Å². The molecule has 4 aliphatic heterocycles. The lowest BCUT2D eigenvalue weighted by molar-refractivity contribution is -0.132. The third kappa shape index (κ3) is 13.9. The topological polar surface area (TPSA) is 214 Å². The third-order valence-corrected chi connectivity index (χ3v) is 15.4. The maximum absolute atomic E-state index is 13.4. The molecule has 1 unspecified atom stereocenters. The Kier molecular flexibility index (Phi) is 18.5. The van der Waals surface area contributed by atoms with E-state index < -0.39 is 11.6 Å². The molecule has 10 rings (SSSR count). The van der Waals surface area contributed by atoms with Crippen molar-refractivity contribution in [3.63, 3.8) is 0 Å². The number of hydrogen-bond acceptors (Lipinski definition) is 16. The number of carbonyl (C=O) groups is 3. The number of fused-ring (bicyclic) bond motifs is 2. The highest BCUT2D eigenvalue weighted by molar-refractivity contribution is 6.02. The summed E-state index contributed by atoms with van der Waals surface area (Å²) in [4.78, 5) is 76.9. The molecule has 3 N–H and O–H groups in total. The van der Waals surface area contributed by atoms with Crippen LogP contribution in [0.1, 0.15) is 65.9 Å². The number of piperazine rings is 2. The van der Waals surface area contributed by atoms with E-state index in [4.69, 9.17) is 23.9 Å². The number of hydrogen-bond donors (Lipinski definition) is 3. The van der Waals surface area contributed by atoms with Crippen LogP contribution in [0.2, 0.25) is 0 Å². The van der Waals surface area contributed by atoms with Gasteiger partial charge in [0.25, 0.3) is 11.5 Å². The van der Waals surface area contributed by atoms with E-state index in [1.807, 2.05) is 47.4 Å². The molecular weight excluding hydrogens is 1040 g/mol. The van der Waals surface area contributed by atoms with E-state index in [2.05, 4.69) is 72.7 Å². The monoisotopic (exact) mass is 1120 g/mol. The Morgan fingerprint density at radius 3 is 2.23 bits per heavy atom. The summed E-state index contributed by atoms with van der Waals surface area (Å²) in [7, 11) is 0. The number of ether oxygens (including phenoxy) is 4. The summed E-state index contributed by atoms with van der Waals surface area (Å²) in [5.74, 6) is 1.16. The average molecular weight is 1120 g/mol. The Morgan fingerprint density at radius 1 is 0.817 bits per heavy atom. The number of amides is 3. The maximum Gasteiger partial charge on any atom is 0.278 e. The van der Waals surface area contributed by atoms with Gasteiger partial charge in [-0.05, 0) is 86.3 Å². The maximum atomic E-state index is 13.4. The van der Waals surface area contributed by atoms with Gasteiger partial charge in [-0.25, -0.2) is 19.3 Å². The molecule has 1 atom stereocenters. The average Bonchev–Trinajstić information content (AvgIpc) is 4.21. The number of aliphatic hydroxyl groups is 1. The minimum absolute atomic E-state index is 0.0782. The predicted molar refractivity (Wildman–Crippen MR) is 311 cm³/mol. The second-order valence-electron chi connectivity index (χ2n) is 21.6. The van der Waals surface area contributed by atoms with Crippen LogP contribution in [0.4, 0.5) is 17.3 Å². The molecule has 21 nitrogen and oxygen atoms in total. The minimum Gasteiger partial charge on any atom is -0.489 e. The standard InChI is InChI=1S/C61H74N12O9/c1-5-23-72-59(77)49-39-62-60(66-56(49)73(72)54-11-7-10-53(65-54)61(3,4)78)64-46-17-19-47(20-18-46)69-28-30-70(31-29-69)55(74)22-33-79-35-37-81-38-36-80-34-32-67-24-26-68(27-25-67)40-44-13-15-45(16-14-44)42-82-52-9-6-8-48-50(52)41-71(58(48)76)51-21-12-43(2)63-57(51)75/h5-11,13-20,39,51,78H,1-2,12,21-38,40-42H2,3-4H3,(H,63,75)(H,62,64,66). The minimum atomic E-state index is -1.19. The van der Waals surface area contributed by atoms with Crippen molar-refractivity contribution >= 4 is 46.1 Å². The molecule has 21 heteroatoms. The molecule has 0 radical (unpaired) electrons. The molecule has 7 heterocycles. The number of nitrogens with one attached hydrogen (secondary N) is 2. The Bertz CT molecular complexity index is 3290. The van der Waals surface area contributed by atoms with Gasteiger partial charge in [0, 0.05) is 99.8 Å². The van der Waals surface area contributed by atoms with E-state index in [-0.39, 0.29) is 29.8 Å². The van der Waals surface area contributed by atoms with E-state index in [0.29, 0.717) is 144 Å². The summed E-state index contributed by atoms with van der Waals surface area (Å²) in [6.45, 7) is 23.1. The zero-order valence-corrected chi connectivity index (χ0v) is 47.0. The van der Waals surface area contributed by atoms with Gasteiger partial charge >= 0.3 is 0 Å². The predicted octanol–water partition coefficient (Wildman–Crippen LogP) is 5.37. The van der Waals surface area contributed by atoms with E-state index in [0.717, 1.165) is 61.8 Å². The van der Waals surface area contributed by atoms with Crippen LogP contribution in [0, 0.1) is 0 Å². The van der Waals surface area contributed by atoms with Gasteiger partial charge in [0.2, 0.25) is 17.8 Å². The lowest BCUT2D eigenvalue weighted by Gasteiger charge is -2.36. The Hall–Kier alpha value is -7.79. The number of aromatic nitrogens is 5. The summed E-state index contributed by atoms with van der Waals surface area (Å²) < 4.78 is 26.7. The molecule has 3 fully saturated rings. The van der Waals surface area contributed by atoms with Crippen molar-refractivity contribution in [2.24, 2.45) is 0 Å². The van der Waals surface area contributed by atoms with Crippen LogP contribution < -0.4 is 25.8 Å². The normalized spacial score (nSPS) is 17.1. The second-order valence-corrected chi connectivity index (χ2v) is 21.6. The molecule has 432 valence electrons. The van der Waals surface area contributed by atoms with Crippen molar-refractivity contribution in [3.8, 4) is 11.6 Å². The summed E-state index contributed by atoms with van der Waals surface area (Å²) in [5, 5.41) is 17.0. The number of pyridine rings is 1. The van der Waals surface area contributed by atoms with Crippen LogP contribution in [-0.2, 0) is 55.6 Å². The number of rotatable bonds is 25. The second kappa shape index (κ2) is 26.4. The van der Waals surface area contributed by atoms with Gasteiger partial charge in [-0.2, -0.15) is 4.98 Å². The Labute approximate surface area is 477 Å². The SMILES string of the molecule is C=CCn1c(=O)c2cnc(Nc3ccc(N4CCN(C(=O)CCOCCOCCOCCN5CCN(Cc6ccc(COc7cccc8c7CN(C7CCC(=C)NC7=O)C8=O)cc6)CC5)CC4)cc3)nc2n1-c1cccc(C(C)(C)O)n1. The summed E-state index contributed by atoms with van der Waals surface area (Å²) in [6.07, 6.45) is 4.67. The highest BCUT2D eigenvalue weighted by Crippen LogP contribution is 2.35. The molecule has 3 aromatic heterocycles. The smallest absolute Gasteiger partial charge is 0.278 e. The Balaban J connectivity index is 0.554. The fourth-order valence-electron chi connectivity index (χ4n) is 10.7. The van der Waals surface area contributed by atoms with Gasteiger partial charge in [-0.1, -0.05) is 49.1 Å². The van der Waals surface area contributed by atoms with Gasteiger partial charge in [-0.15, -0.1) is 6.58 Å². The van der Waals surface area contributed by atoms with E-state index in [1.165, 1.54) is 16.4 Å². The van der Waals surface area contributed by atoms with Gasteiger partial charge in [0.1, 0.15) is 29.4 Å². The van der Waals surface area contributed by atoms with Crippen LogP contribution in [0.3, 0.4) is 0 Å². The molecule has 3 saturated heterocycles. The van der Waals surface area contributed by atoms with Gasteiger partial charge in [0.15, 0.2) is 11.5 Å². The van der Waals surface area contributed by atoms with Gasteiger partial charge < -0.3 is 49.4 Å². The van der Waals surface area contributed by atoms with Crippen LogP contribution in [-0.4, -0.2) is 171 Å². The van der Waals surface area contributed by atoms with Crippen molar-refractivity contribution in [3.05, 3.63) is 154 Å². The number of carbonyl (C=O) groups excluding carboxylic acids is 3. The van der Waals surface area contributed by atoms with Gasteiger partial charge in [-0.3, -0.25) is 29.0 Å². The molecule has 0 bridgehead atoms. The fourth-order valence-corrected chi connectivity index (χ4v) is 10.7. The van der Waals surface area contributed by atoms with Crippen molar-refractivity contribution in [2.75, 3.05) is 109 Å². The molecule has 4 aliphatic rings. The van der Waals surface area contributed by atoms with Crippen LogP contribution in [0.15, 0.2) is 121 Å². The number of nitrogens with zero attached hydrogens (tertiary/aromatic N) is 10. The quantitative estimate of drug-likeness (QED) is 0.0486. The largest absolute Gasteiger partial charge is 0.489 e. The Morgan fingerprint density at radius 2 is 1.51 bits per heavy atom. The van der Waals surface area contributed by atoms with E-state index in [9.17, 15) is 24.3 Å².